The molecule has 0 saturated carbocycles. The van der Waals surface area contributed by atoms with E-state index in [4.69, 9.17) is 0 Å². The van der Waals surface area contributed by atoms with Crippen LogP contribution in [-0.2, 0) is 13.0 Å². The van der Waals surface area contributed by atoms with E-state index in [9.17, 15) is 4.79 Å². The molecular weight excluding hydrogens is 336 g/mol. The Balaban J connectivity index is 1.43. The average Bonchev–Trinajstić information content (AvgIpc) is 2.72. The number of carbonyl (C=O) groups excluding carboxylic acids is 1. The minimum absolute atomic E-state index is 0.221. The van der Waals surface area contributed by atoms with Gasteiger partial charge in [0.1, 0.15) is 11.5 Å². The van der Waals surface area contributed by atoms with Crippen LogP contribution in [0.25, 0.3) is 0 Å². The lowest BCUT2D eigenvalue weighted by molar-refractivity contribution is 0.0945. The number of aryl methyl sites for hydroxylation is 2. The molecule has 1 heterocycles. The highest BCUT2D eigenvalue weighted by Crippen LogP contribution is 2.07. The SMILES string of the molecule is Cc1ccccc1CNC(=O)c1cnc(NCCCc2ccccc2)cn1. The zero-order valence-corrected chi connectivity index (χ0v) is 15.5. The number of amides is 1. The predicted molar refractivity (Wildman–Crippen MR) is 108 cm³/mol. The van der Waals surface area contributed by atoms with Crippen molar-refractivity contribution in [2.75, 3.05) is 11.9 Å². The third-order valence-electron chi connectivity index (χ3n) is 4.38. The van der Waals surface area contributed by atoms with Crippen LogP contribution in [0.3, 0.4) is 0 Å². The van der Waals surface area contributed by atoms with Gasteiger partial charge in [0.2, 0.25) is 0 Å². The van der Waals surface area contributed by atoms with Gasteiger partial charge < -0.3 is 10.6 Å². The van der Waals surface area contributed by atoms with Crippen molar-refractivity contribution < 1.29 is 4.79 Å². The smallest absolute Gasteiger partial charge is 0.271 e. The van der Waals surface area contributed by atoms with Gasteiger partial charge >= 0.3 is 0 Å². The van der Waals surface area contributed by atoms with Gasteiger partial charge in [-0.15, -0.1) is 0 Å². The van der Waals surface area contributed by atoms with Crippen LogP contribution >= 0.6 is 0 Å². The van der Waals surface area contributed by atoms with Gasteiger partial charge in [-0.3, -0.25) is 4.79 Å². The van der Waals surface area contributed by atoms with E-state index in [1.54, 1.807) is 6.20 Å². The maximum absolute atomic E-state index is 12.2. The first-order valence-corrected chi connectivity index (χ1v) is 9.15. The van der Waals surface area contributed by atoms with Gasteiger partial charge in [0.05, 0.1) is 12.4 Å². The summed E-state index contributed by atoms with van der Waals surface area (Å²) in [7, 11) is 0. The predicted octanol–water partition coefficient (Wildman–Crippen LogP) is 3.76. The Bertz CT molecular complexity index is 863. The standard InChI is InChI=1S/C22H24N4O/c1-17-8-5-6-12-19(17)14-26-22(27)20-15-25-21(16-24-20)23-13-7-11-18-9-3-2-4-10-18/h2-6,8-10,12,15-16H,7,11,13-14H2,1H3,(H,23,25)(H,26,27). The van der Waals surface area contributed by atoms with Crippen LogP contribution < -0.4 is 10.6 Å². The summed E-state index contributed by atoms with van der Waals surface area (Å²) in [5, 5.41) is 6.13. The molecule has 5 nitrogen and oxygen atoms in total. The minimum Gasteiger partial charge on any atom is -0.369 e. The lowest BCUT2D eigenvalue weighted by Crippen LogP contribution is -2.24. The van der Waals surface area contributed by atoms with Crippen molar-refractivity contribution in [2.45, 2.75) is 26.3 Å². The fourth-order valence-electron chi connectivity index (χ4n) is 2.76. The monoisotopic (exact) mass is 360 g/mol. The van der Waals surface area contributed by atoms with Gasteiger partial charge in [-0.2, -0.15) is 0 Å². The van der Waals surface area contributed by atoms with Crippen molar-refractivity contribution in [2.24, 2.45) is 0 Å². The number of anilines is 1. The molecule has 0 fully saturated rings. The van der Waals surface area contributed by atoms with Crippen molar-refractivity contribution in [3.8, 4) is 0 Å². The van der Waals surface area contributed by atoms with Crippen LogP contribution in [0.15, 0.2) is 67.0 Å². The van der Waals surface area contributed by atoms with Gasteiger partial charge in [0.25, 0.3) is 5.91 Å². The maximum atomic E-state index is 12.2. The van der Waals surface area contributed by atoms with Crippen molar-refractivity contribution in [1.29, 1.82) is 0 Å². The summed E-state index contributed by atoms with van der Waals surface area (Å²) in [6, 6.07) is 18.4. The van der Waals surface area contributed by atoms with E-state index >= 15 is 0 Å². The summed E-state index contributed by atoms with van der Waals surface area (Å²) in [6.07, 6.45) is 5.13. The first-order chi connectivity index (χ1) is 13.2. The third-order valence-corrected chi connectivity index (χ3v) is 4.38. The number of rotatable bonds is 8. The Hall–Kier alpha value is -3.21. The van der Waals surface area contributed by atoms with Gasteiger partial charge in [-0.1, -0.05) is 54.6 Å². The van der Waals surface area contributed by atoms with Gasteiger partial charge in [0, 0.05) is 13.1 Å². The largest absolute Gasteiger partial charge is 0.369 e. The quantitative estimate of drug-likeness (QED) is 0.600. The number of benzene rings is 2. The molecule has 5 heteroatoms. The van der Waals surface area contributed by atoms with Crippen molar-refractivity contribution >= 4 is 11.7 Å². The van der Waals surface area contributed by atoms with Gasteiger partial charge in [-0.25, -0.2) is 9.97 Å². The molecule has 2 N–H and O–H groups in total. The van der Waals surface area contributed by atoms with Crippen molar-refractivity contribution in [3.63, 3.8) is 0 Å². The van der Waals surface area contributed by atoms with Crippen LogP contribution in [0.4, 0.5) is 5.82 Å². The molecule has 0 aliphatic carbocycles. The molecule has 1 aromatic heterocycles. The Kier molecular flexibility index (Phi) is 6.52. The highest BCUT2D eigenvalue weighted by atomic mass is 16.1. The molecule has 2 aromatic carbocycles. The molecule has 0 spiro atoms. The van der Waals surface area contributed by atoms with Crippen LogP contribution in [0.2, 0.25) is 0 Å². The number of nitrogens with one attached hydrogen (secondary N) is 2. The molecule has 0 aliphatic heterocycles. The second kappa shape index (κ2) is 9.48. The summed E-state index contributed by atoms with van der Waals surface area (Å²) < 4.78 is 0. The second-order valence-corrected chi connectivity index (χ2v) is 6.41. The van der Waals surface area contributed by atoms with E-state index < -0.39 is 0 Å². The van der Waals surface area contributed by atoms with E-state index in [1.165, 1.54) is 11.8 Å². The molecule has 0 atom stereocenters. The first kappa shape index (κ1) is 18.6. The summed E-state index contributed by atoms with van der Waals surface area (Å²) in [6.45, 7) is 3.31. The molecule has 3 aromatic rings. The fraction of sp³-hybridized carbons (Fsp3) is 0.227. The Morgan fingerprint density at radius 3 is 2.48 bits per heavy atom. The third kappa shape index (κ3) is 5.64. The molecule has 0 unspecified atom stereocenters. The molecule has 3 rings (SSSR count). The van der Waals surface area contributed by atoms with Crippen molar-refractivity contribution in [3.05, 3.63) is 89.4 Å². The van der Waals surface area contributed by atoms with E-state index in [2.05, 4.69) is 44.9 Å². The highest BCUT2D eigenvalue weighted by Gasteiger charge is 2.08. The van der Waals surface area contributed by atoms with Gasteiger partial charge in [-0.05, 0) is 36.5 Å². The Morgan fingerprint density at radius 1 is 0.963 bits per heavy atom. The zero-order valence-electron chi connectivity index (χ0n) is 15.5. The molecule has 138 valence electrons. The lowest BCUT2D eigenvalue weighted by Gasteiger charge is -2.08. The molecule has 0 aliphatic rings. The van der Waals surface area contributed by atoms with Crippen LogP contribution in [0.5, 0.6) is 0 Å². The molecule has 0 radical (unpaired) electrons. The second-order valence-electron chi connectivity index (χ2n) is 6.41. The number of nitrogens with zero attached hydrogens (tertiary/aromatic N) is 2. The highest BCUT2D eigenvalue weighted by molar-refractivity contribution is 5.91. The average molecular weight is 360 g/mol. The van der Waals surface area contributed by atoms with Crippen LogP contribution in [-0.4, -0.2) is 22.4 Å². The number of hydrogen-bond donors (Lipinski definition) is 2. The Labute approximate surface area is 159 Å². The summed E-state index contributed by atoms with van der Waals surface area (Å²) >= 11 is 0. The van der Waals surface area contributed by atoms with E-state index in [0.717, 1.165) is 30.5 Å². The number of hydrogen-bond acceptors (Lipinski definition) is 4. The Morgan fingerprint density at radius 2 is 1.74 bits per heavy atom. The molecule has 0 bridgehead atoms. The molecule has 27 heavy (non-hydrogen) atoms. The van der Waals surface area contributed by atoms with Crippen LogP contribution in [0.1, 0.15) is 33.6 Å². The zero-order chi connectivity index (χ0) is 18.9. The first-order valence-electron chi connectivity index (χ1n) is 9.15. The molecular formula is C22H24N4O. The molecule has 1 amide bonds. The van der Waals surface area contributed by atoms with E-state index in [1.807, 2.05) is 37.3 Å². The number of carbonyl (C=O) groups is 1. The maximum Gasteiger partial charge on any atom is 0.271 e. The summed E-state index contributed by atoms with van der Waals surface area (Å²) in [5.41, 5.74) is 3.89. The van der Waals surface area contributed by atoms with E-state index in [0.29, 0.717) is 18.1 Å². The molecule has 0 saturated heterocycles. The van der Waals surface area contributed by atoms with E-state index in [-0.39, 0.29) is 5.91 Å². The van der Waals surface area contributed by atoms with Gasteiger partial charge in [0.15, 0.2) is 0 Å². The van der Waals surface area contributed by atoms with Crippen molar-refractivity contribution in [1.82, 2.24) is 15.3 Å². The minimum atomic E-state index is -0.221. The van der Waals surface area contributed by atoms with Crippen LogP contribution in [0, 0.1) is 6.92 Å². The summed E-state index contributed by atoms with van der Waals surface area (Å²) in [5.74, 6) is 0.458. The summed E-state index contributed by atoms with van der Waals surface area (Å²) in [4.78, 5) is 20.7. The topological polar surface area (TPSA) is 66.9 Å². The number of aromatic nitrogens is 2. The normalized spacial score (nSPS) is 10.4. The fourth-order valence-corrected chi connectivity index (χ4v) is 2.76. The lowest BCUT2D eigenvalue weighted by atomic mass is 10.1.